The van der Waals surface area contributed by atoms with E-state index in [0.29, 0.717) is 12.3 Å². The third-order valence-corrected chi connectivity index (χ3v) is 3.00. The van der Waals surface area contributed by atoms with Gasteiger partial charge in [-0.1, -0.05) is 0 Å². The largest absolute Gasteiger partial charge is 0.467 e. The molecule has 1 amide bonds. The molecule has 1 aliphatic rings. The topological polar surface area (TPSA) is 68.3 Å². The van der Waals surface area contributed by atoms with Crippen LogP contribution < -0.4 is 11.1 Å². The number of furan rings is 1. The first kappa shape index (κ1) is 11.2. The molecule has 0 spiro atoms. The maximum atomic E-state index is 11.7. The van der Waals surface area contributed by atoms with Gasteiger partial charge in [0.25, 0.3) is 0 Å². The van der Waals surface area contributed by atoms with Gasteiger partial charge < -0.3 is 15.5 Å². The Morgan fingerprint density at radius 1 is 1.69 bits per heavy atom. The van der Waals surface area contributed by atoms with E-state index in [4.69, 9.17) is 10.2 Å². The standard InChI is InChI=1S/C12H18N2O2/c1-8(11-3-2-6-16-11)14-12(15)7-10(13)9-4-5-9/h2-3,6,8-10H,4-5,7,13H2,1H3,(H,14,15). The van der Waals surface area contributed by atoms with E-state index < -0.39 is 0 Å². The molecule has 0 radical (unpaired) electrons. The summed E-state index contributed by atoms with van der Waals surface area (Å²) in [5.41, 5.74) is 5.89. The van der Waals surface area contributed by atoms with Gasteiger partial charge in [-0.25, -0.2) is 0 Å². The van der Waals surface area contributed by atoms with E-state index in [9.17, 15) is 4.79 Å². The van der Waals surface area contributed by atoms with E-state index in [1.165, 1.54) is 12.8 Å². The van der Waals surface area contributed by atoms with Crippen molar-refractivity contribution in [2.24, 2.45) is 11.7 Å². The smallest absolute Gasteiger partial charge is 0.222 e. The van der Waals surface area contributed by atoms with Gasteiger partial charge in [-0.05, 0) is 37.8 Å². The van der Waals surface area contributed by atoms with E-state index in [1.54, 1.807) is 6.26 Å². The van der Waals surface area contributed by atoms with E-state index in [1.807, 2.05) is 19.1 Å². The summed E-state index contributed by atoms with van der Waals surface area (Å²) in [6.45, 7) is 1.90. The summed E-state index contributed by atoms with van der Waals surface area (Å²) in [5.74, 6) is 1.33. The molecule has 1 aromatic heterocycles. The maximum Gasteiger partial charge on any atom is 0.222 e. The summed E-state index contributed by atoms with van der Waals surface area (Å²) in [7, 11) is 0. The van der Waals surface area contributed by atoms with Crippen molar-refractivity contribution in [3.8, 4) is 0 Å². The molecule has 4 heteroatoms. The summed E-state index contributed by atoms with van der Waals surface area (Å²) in [6.07, 6.45) is 4.36. The molecule has 2 unspecified atom stereocenters. The Morgan fingerprint density at radius 3 is 3.00 bits per heavy atom. The quantitative estimate of drug-likeness (QED) is 0.794. The van der Waals surface area contributed by atoms with Gasteiger partial charge in [-0.3, -0.25) is 4.79 Å². The minimum Gasteiger partial charge on any atom is -0.467 e. The summed E-state index contributed by atoms with van der Waals surface area (Å²) in [6, 6.07) is 3.59. The van der Waals surface area contributed by atoms with E-state index in [-0.39, 0.29) is 18.0 Å². The molecular formula is C12H18N2O2. The van der Waals surface area contributed by atoms with Crippen LogP contribution in [-0.2, 0) is 4.79 Å². The second kappa shape index (κ2) is 4.70. The predicted molar refractivity (Wildman–Crippen MR) is 60.6 cm³/mol. The van der Waals surface area contributed by atoms with Gasteiger partial charge >= 0.3 is 0 Å². The summed E-state index contributed by atoms with van der Waals surface area (Å²) < 4.78 is 5.21. The normalized spacial score (nSPS) is 19.1. The zero-order valence-corrected chi connectivity index (χ0v) is 9.48. The van der Waals surface area contributed by atoms with Gasteiger partial charge in [-0.2, -0.15) is 0 Å². The van der Waals surface area contributed by atoms with Gasteiger partial charge in [0.1, 0.15) is 5.76 Å². The van der Waals surface area contributed by atoms with E-state index in [2.05, 4.69) is 5.32 Å². The van der Waals surface area contributed by atoms with Crippen LogP contribution in [0.5, 0.6) is 0 Å². The Kier molecular flexibility index (Phi) is 3.29. The molecule has 0 bridgehead atoms. The van der Waals surface area contributed by atoms with Gasteiger partial charge in [0.2, 0.25) is 5.91 Å². The van der Waals surface area contributed by atoms with E-state index >= 15 is 0 Å². The number of hydrogen-bond donors (Lipinski definition) is 2. The first-order chi connectivity index (χ1) is 7.66. The van der Waals surface area contributed by atoms with Crippen molar-refractivity contribution < 1.29 is 9.21 Å². The van der Waals surface area contributed by atoms with Crippen molar-refractivity contribution in [2.75, 3.05) is 0 Å². The number of amides is 1. The summed E-state index contributed by atoms with van der Waals surface area (Å²) in [4.78, 5) is 11.7. The third kappa shape index (κ3) is 2.85. The van der Waals surface area contributed by atoms with Crippen LogP contribution in [0.4, 0.5) is 0 Å². The molecule has 16 heavy (non-hydrogen) atoms. The van der Waals surface area contributed by atoms with Crippen LogP contribution in [0, 0.1) is 5.92 Å². The summed E-state index contributed by atoms with van der Waals surface area (Å²) in [5, 5.41) is 2.88. The zero-order valence-electron chi connectivity index (χ0n) is 9.48. The molecule has 88 valence electrons. The molecule has 3 N–H and O–H groups in total. The second-order valence-electron chi connectivity index (χ2n) is 4.51. The van der Waals surface area contributed by atoms with Crippen molar-refractivity contribution in [2.45, 2.75) is 38.3 Å². The first-order valence-electron chi connectivity index (χ1n) is 5.75. The lowest BCUT2D eigenvalue weighted by Crippen LogP contribution is -2.34. The maximum absolute atomic E-state index is 11.7. The highest BCUT2D eigenvalue weighted by Crippen LogP contribution is 2.32. The highest BCUT2D eigenvalue weighted by molar-refractivity contribution is 5.77. The molecule has 1 heterocycles. The molecule has 1 aliphatic carbocycles. The fourth-order valence-electron chi connectivity index (χ4n) is 1.81. The highest BCUT2D eigenvalue weighted by Gasteiger charge is 2.30. The van der Waals surface area contributed by atoms with Crippen molar-refractivity contribution in [3.05, 3.63) is 24.2 Å². The average Bonchev–Trinajstić information content (AvgIpc) is 2.93. The first-order valence-corrected chi connectivity index (χ1v) is 5.75. The lowest BCUT2D eigenvalue weighted by Gasteiger charge is -2.14. The minimum absolute atomic E-state index is 0.00306. The van der Waals surface area contributed by atoms with Crippen molar-refractivity contribution in [1.29, 1.82) is 0 Å². The lowest BCUT2D eigenvalue weighted by molar-refractivity contribution is -0.122. The van der Waals surface area contributed by atoms with Gasteiger partial charge in [-0.15, -0.1) is 0 Å². The van der Waals surface area contributed by atoms with Crippen LogP contribution in [0.1, 0.15) is 38.0 Å². The predicted octanol–water partition coefficient (Wildman–Crippen LogP) is 1.58. The van der Waals surface area contributed by atoms with Crippen LogP contribution in [0.25, 0.3) is 0 Å². The van der Waals surface area contributed by atoms with Gasteiger partial charge in [0.05, 0.1) is 12.3 Å². The molecule has 0 saturated heterocycles. The minimum atomic E-state index is -0.0890. The van der Waals surface area contributed by atoms with Crippen molar-refractivity contribution in [3.63, 3.8) is 0 Å². The number of carbonyl (C=O) groups excluding carboxylic acids is 1. The molecule has 2 rings (SSSR count). The van der Waals surface area contributed by atoms with E-state index in [0.717, 1.165) is 5.76 Å². The average molecular weight is 222 g/mol. The SMILES string of the molecule is CC(NC(=O)CC(N)C1CC1)c1ccco1. The molecule has 1 aromatic rings. The molecule has 0 aliphatic heterocycles. The van der Waals surface area contributed by atoms with Crippen LogP contribution in [-0.4, -0.2) is 11.9 Å². The Morgan fingerprint density at radius 2 is 2.44 bits per heavy atom. The fourth-order valence-corrected chi connectivity index (χ4v) is 1.81. The van der Waals surface area contributed by atoms with Crippen molar-refractivity contribution >= 4 is 5.91 Å². The second-order valence-corrected chi connectivity index (χ2v) is 4.51. The third-order valence-electron chi connectivity index (χ3n) is 3.00. The van der Waals surface area contributed by atoms with Crippen LogP contribution >= 0.6 is 0 Å². The molecule has 1 saturated carbocycles. The highest BCUT2D eigenvalue weighted by atomic mass is 16.3. The van der Waals surface area contributed by atoms with Gasteiger partial charge in [0, 0.05) is 12.5 Å². The Balaban J connectivity index is 1.78. The molecule has 0 aromatic carbocycles. The molecule has 2 atom stereocenters. The van der Waals surface area contributed by atoms with Crippen LogP contribution in [0.15, 0.2) is 22.8 Å². The Hall–Kier alpha value is -1.29. The number of carbonyl (C=O) groups is 1. The zero-order chi connectivity index (χ0) is 11.5. The number of nitrogens with one attached hydrogen (secondary N) is 1. The fraction of sp³-hybridized carbons (Fsp3) is 0.583. The van der Waals surface area contributed by atoms with Crippen LogP contribution in [0.2, 0.25) is 0 Å². The van der Waals surface area contributed by atoms with Gasteiger partial charge in [0.15, 0.2) is 0 Å². The monoisotopic (exact) mass is 222 g/mol. The van der Waals surface area contributed by atoms with Crippen LogP contribution in [0.3, 0.4) is 0 Å². The number of nitrogens with two attached hydrogens (primary N) is 1. The molecular weight excluding hydrogens is 204 g/mol. The lowest BCUT2D eigenvalue weighted by atomic mass is 10.1. The molecule has 4 nitrogen and oxygen atoms in total. The summed E-state index contributed by atoms with van der Waals surface area (Å²) >= 11 is 0. The number of hydrogen-bond acceptors (Lipinski definition) is 3. The Labute approximate surface area is 95.2 Å². The Bertz CT molecular complexity index is 344. The van der Waals surface area contributed by atoms with Crippen molar-refractivity contribution in [1.82, 2.24) is 5.32 Å². The number of rotatable bonds is 5. The molecule has 1 fully saturated rings.